The van der Waals surface area contributed by atoms with E-state index in [-0.39, 0.29) is 18.2 Å². The Morgan fingerprint density at radius 3 is 2.63 bits per heavy atom. The Bertz CT molecular complexity index is 455. The highest BCUT2D eigenvalue weighted by atomic mass is 16.6. The van der Waals surface area contributed by atoms with E-state index < -0.39 is 5.60 Å². The van der Waals surface area contributed by atoms with Gasteiger partial charge in [0, 0.05) is 30.9 Å². The second kappa shape index (κ2) is 4.85. The molecule has 2 heterocycles. The van der Waals surface area contributed by atoms with E-state index in [1.807, 2.05) is 38.6 Å². The first kappa shape index (κ1) is 13.9. The lowest BCUT2D eigenvalue weighted by Gasteiger charge is -2.39. The van der Waals surface area contributed by atoms with Gasteiger partial charge in [0.05, 0.1) is 12.2 Å². The minimum absolute atomic E-state index is 0.0178. The Kier molecular flexibility index (Phi) is 3.54. The van der Waals surface area contributed by atoms with Gasteiger partial charge in [0.1, 0.15) is 5.60 Å². The van der Waals surface area contributed by atoms with Crippen LogP contribution in [0.5, 0.6) is 0 Å². The maximum absolute atomic E-state index is 11.8. The molecular weight excluding hydrogens is 244 g/mol. The second-order valence-electron chi connectivity index (χ2n) is 6.08. The number of likely N-dealkylation sites (tertiary alicyclic amines) is 1. The standard InChI is InChI=1S/C13H22N4O2/c1-9(14)10-5-15-17(6-10)11-7-16(8-11)12(18)19-13(2,3)4/h5-6,9,11H,7-8,14H2,1-4H3. The van der Waals surface area contributed by atoms with E-state index >= 15 is 0 Å². The Labute approximate surface area is 113 Å². The zero-order valence-electron chi connectivity index (χ0n) is 12.0. The van der Waals surface area contributed by atoms with Gasteiger partial charge in [-0.05, 0) is 27.7 Å². The summed E-state index contributed by atoms with van der Waals surface area (Å²) in [5, 5.41) is 4.29. The molecule has 1 aliphatic heterocycles. The smallest absolute Gasteiger partial charge is 0.410 e. The molecule has 0 radical (unpaired) electrons. The van der Waals surface area contributed by atoms with Crippen molar-refractivity contribution in [1.82, 2.24) is 14.7 Å². The van der Waals surface area contributed by atoms with Gasteiger partial charge >= 0.3 is 6.09 Å². The molecule has 1 aromatic heterocycles. The third-order valence-electron chi connectivity index (χ3n) is 3.04. The van der Waals surface area contributed by atoms with Crippen LogP contribution in [0.25, 0.3) is 0 Å². The largest absolute Gasteiger partial charge is 0.444 e. The third kappa shape index (κ3) is 3.26. The van der Waals surface area contributed by atoms with Crippen molar-refractivity contribution in [2.75, 3.05) is 13.1 Å². The average Bonchev–Trinajstić information content (AvgIpc) is 2.61. The summed E-state index contributed by atoms with van der Waals surface area (Å²) < 4.78 is 7.18. The minimum atomic E-state index is -0.448. The first-order chi connectivity index (χ1) is 8.76. The van der Waals surface area contributed by atoms with E-state index in [1.165, 1.54) is 0 Å². The van der Waals surface area contributed by atoms with Crippen molar-refractivity contribution in [3.05, 3.63) is 18.0 Å². The van der Waals surface area contributed by atoms with Gasteiger partial charge in [-0.25, -0.2) is 4.79 Å². The van der Waals surface area contributed by atoms with Crippen molar-refractivity contribution in [2.24, 2.45) is 5.73 Å². The normalized spacial score (nSPS) is 18.1. The topological polar surface area (TPSA) is 73.4 Å². The second-order valence-corrected chi connectivity index (χ2v) is 6.08. The van der Waals surface area contributed by atoms with Crippen LogP contribution < -0.4 is 5.73 Å². The summed E-state index contributed by atoms with van der Waals surface area (Å²) in [6, 6.07) is 0.204. The quantitative estimate of drug-likeness (QED) is 0.884. The summed E-state index contributed by atoms with van der Waals surface area (Å²) in [6.07, 6.45) is 3.46. The minimum Gasteiger partial charge on any atom is -0.444 e. The van der Waals surface area contributed by atoms with E-state index in [4.69, 9.17) is 10.5 Å². The number of aromatic nitrogens is 2. The van der Waals surface area contributed by atoms with Crippen LogP contribution in [0.2, 0.25) is 0 Å². The van der Waals surface area contributed by atoms with Gasteiger partial charge in [0.15, 0.2) is 0 Å². The number of amides is 1. The first-order valence-corrected chi connectivity index (χ1v) is 6.54. The highest BCUT2D eigenvalue weighted by Gasteiger charge is 2.35. The number of rotatable bonds is 2. The lowest BCUT2D eigenvalue weighted by molar-refractivity contribution is -0.000398. The van der Waals surface area contributed by atoms with Gasteiger partial charge in [0.2, 0.25) is 0 Å². The molecule has 6 heteroatoms. The summed E-state index contributed by atoms with van der Waals surface area (Å²) in [4.78, 5) is 13.5. The molecule has 1 amide bonds. The summed E-state index contributed by atoms with van der Waals surface area (Å²) in [5.74, 6) is 0. The Morgan fingerprint density at radius 2 is 2.16 bits per heavy atom. The molecule has 1 saturated heterocycles. The number of nitrogens with two attached hydrogens (primary N) is 1. The van der Waals surface area contributed by atoms with Crippen molar-refractivity contribution in [2.45, 2.75) is 45.4 Å². The summed E-state index contributed by atoms with van der Waals surface area (Å²) in [5.41, 5.74) is 6.36. The Balaban J connectivity index is 1.87. The fourth-order valence-electron chi connectivity index (χ4n) is 1.89. The van der Waals surface area contributed by atoms with Crippen LogP contribution >= 0.6 is 0 Å². The predicted octanol–water partition coefficient (Wildman–Crippen LogP) is 1.69. The van der Waals surface area contributed by atoms with E-state index in [1.54, 1.807) is 11.1 Å². The van der Waals surface area contributed by atoms with Gasteiger partial charge < -0.3 is 15.4 Å². The Hall–Kier alpha value is -1.56. The van der Waals surface area contributed by atoms with Crippen LogP contribution in [0.4, 0.5) is 4.79 Å². The van der Waals surface area contributed by atoms with Crippen molar-refractivity contribution < 1.29 is 9.53 Å². The highest BCUT2D eigenvalue weighted by molar-refractivity contribution is 5.69. The molecule has 1 unspecified atom stereocenters. The van der Waals surface area contributed by atoms with E-state index in [0.717, 1.165) is 5.56 Å². The fraction of sp³-hybridized carbons (Fsp3) is 0.692. The maximum Gasteiger partial charge on any atom is 0.410 e. The molecule has 106 valence electrons. The average molecular weight is 266 g/mol. The van der Waals surface area contributed by atoms with Crippen LogP contribution in [0.15, 0.2) is 12.4 Å². The number of hydrogen-bond acceptors (Lipinski definition) is 4. The SMILES string of the molecule is CC(N)c1cnn(C2CN(C(=O)OC(C)(C)C)C2)c1. The van der Waals surface area contributed by atoms with Crippen LogP contribution in [-0.4, -0.2) is 39.5 Å². The summed E-state index contributed by atoms with van der Waals surface area (Å²) >= 11 is 0. The lowest BCUT2D eigenvalue weighted by Crippen LogP contribution is -2.52. The zero-order chi connectivity index (χ0) is 14.2. The van der Waals surface area contributed by atoms with E-state index in [2.05, 4.69) is 5.10 Å². The van der Waals surface area contributed by atoms with Crippen molar-refractivity contribution in [3.8, 4) is 0 Å². The molecular formula is C13H22N4O2. The van der Waals surface area contributed by atoms with Crippen LogP contribution in [0, 0.1) is 0 Å². The maximum atomic E-state index is 11.8. The molecule has 0 spiro atoms. The molecule has 19 heavy (non-hydrogen) atoms. The van der Waals surface area contributed by atoms with Crippen LogP contribution in [-0.2, 0) is 4.74 Å². The monoisotopic (exact) mass is 266 g/mol. The number of carbonyl (C=O) groups excluding carboxylic acids is 1. The van der Waals surface area contributed by atoms with Crippen molar-refractivity contribution in [3.63, 3.8) is 0 Å². The first-order valence-electron chi connectivity index (χ1n) is 6.54. The van der Waals surface area contributed by atoms with E-state index in [0.29, 0.717) is 13.1 Å². The zero-order valence-corrected chi connectivity index (χ0v) is 12.0. The Morgan fingerprint density at radius 1 is 1.53 bits per heavy atom. The fourth-order valence-corrected chi connectivity index (χ4v) is 1.89. The van der Waals surface area contributed by atoms with Crippen molar-refractivity contribution in [1.29, 1.82) is 0 Å². The predicted molar refractivity (Wildman–Crippen MR) is 71.7 cm³/mol. The molecule has 1 atom stereocenters. The van der Waals surface area contributed by atoms with Crippen molar-refractivity contribution >= 4 is 6.09 Å². The van der Waals surface area contributed by atoms with Gasteiger partial charge in [-0.2, -0.15) is 5.10 Å². The summed E-state index contributed by atoms with van der Waals surface area (Å²) in [6.45, 7) is 8.79. The molecule has 2 rings (SSSR count). The number of ether oxygens (including phenoxy) is 1. The number of hydrogen-bond donors (Lipinski definition) is 1. The molecule has 2 N–H and O–H groups in total. The van der Waals surface area contributed by atoms with Crippen LogP contribution in [0.3, 0.4) is 0 Å². The lowest BCUT2D eigenvalue weighted by atomic mass is 10.1. The summed E-state index contributed by atoms with van der Waals surface area (Å²) in [7, 11) is 0. The third-order valence-corrected chi connectivity index (χ3v) is 3.04. The van der Waals surface area contributed by atoms with E-state index in [9.17, 15) is 4.79 Å². The molecule has 6 nitrogen and oxygen atoms in total. The molecule has 0 bridgehead atoms. The van der Waals surface area contributed by atoms with Gasteiger partial charge in [0.25, 0.3) is 0 Å². The molecule has 1 aliphatic rings. The molecule has 0 aromatic carbocycles. The molecule has 0 saturated carbocycles. The van der Waals surface area contributed by atoms with Gasteiger partial charge in [-0.1, -0.05) is 0 Å². The molecule has 0 aliphatic carbocycles. The molecule has 1 fully saturated rings. The number of nitrogens with zero attached hydrogens (tertiary/aromatic N) is 3. The molecule has 1 aromatic rings. The van der Waals surface area contributed by atoms with Crippen LogP contribution in [0.1, 0.15) is 45.3 Å². The number of carbonyl (C=O) groups is 1. The van der Waals surface area contributed by atoms with Gasteiger partial charge in [-0.3, -0.25) is 4.68 Å². The highest BCUT2D eigenvalue weighted by Crippen LogP contribution is 2.24. The van der Waals surface area contributed by atoms with Gasteiger partial charge in [-0.15, -0.1) is 0 Å².